The van der Waals surface area contributed by atoms with Gasteiger partial charge >= 0.3 is 6.09 Å². The standard InChI is InChI=1S/C14H15NO3/c1-5-10-6-7-11(9-16)12(8-10)15-13(17)18-14(2,3)4/h1,6-9H,2-4H3,(H,15,17). The van der Waals surface area contributed by atoms with E-state index in [2.05, 4.69) is 11.2 Å². The zero-order valence-corrected chi connectivity index (χ0v) is 10.6. The monoisotopic (exact) mass is 245 g/mol. The molecule has 0 aliphatic carbocycles. The summed E-state index contributed by atoms with van der Waals surface area (Å²) in [6.45, 7) is 5.27. The third-order valence-corrected chi connectivity index (χ3v) is 1.98. The molecular formula is C14H15NO3. The number of benzene rings is 1. The van der Waals surface area contributed by atoms with Gasteiger partial charge in [0.1, 0.15) is 5.60 Å². The zero-order valence-electron chi connectivity index (χ0n) is 10.6. The van der Waals surface area contributed by atoms with Gasteiger partial charge in [0.05, 0.1) is 5.69 Å². The van der Waals surface area contributed by atoms with E-state index in [0.717, 1.165) is 0 Å². The van der Waals surface area contributed by atoms with Gasteiger partial charge in [0.2, 0.25) is 0 Å². The lowest BCUT2D eigenvalue weighted by Gasteiger charge is -2.20. The number of hydrogen-bond donors (Lipinski definition) is 1. The van der Waals surface area contributed by atoms with Gasteiger partial charge in [0, 0.05) is 11.1 Å². The SMILES string of the molecule is C#Cc1ccc(C=O)c(NC(=O)OC(C)(C)C)c1. The third kappa shape index (κ3) is 3.95. The molecular weight excluding hydrogens is 230 g/mol. The summed E-state index contributed by atoms with van der Waals surface area (Å²) in [7, 11) is 0. The zero-order chi connectivity index (χ0) is 13.8. The van der Waals surface area contributed by atoms with Gasteiger partial charge in [-0.15, -0.1) is 6.42 Å². The fourth-order valence-corrected chi connectivity index (χ4v) is 1.27. The molecule has 0 aliphatic rings. The number of ether oxygens (including phenoxy) is 1. The molecule has 0 saturated heterocycles. The van der Waals surface area contributed by atoms with Crippen LogP contribution in [0.2, 0.25) is 0 Å². The molecule has 1 amide bonds. The summed E-state index contributed by atoms with van der Waals surface area (Å²) in [6, 6.07) is 4.73. The third-order valence-electron chi connectivity index (χ3n) is 1.98. The van der Waals surface area contributed by atoms with Crippen molar-refractivity contribution >= 4 is 18.1 Å². The molecule has 1 rings (SSSR count). The van der Waals surface area contributed by atoms with Crippen LogP contribution in [0, 0.1) is 12.3 Å². The summed E-state index contributed by atoms with van der Waals surface area (Å²) in [6.07, 6.45) is 5.28. The summed E-state index contributed by atoms with van der Waals surface area (Å²) in [5.74, 6) is 2.43. The minimum Gasteiger partial charge on any atom is -0.444 e. The summed E-state index contributed by atoms with van der Waals surface area (Å²) in [4.78, 5) is 22.4. The highest BCUT2D eigenvalue weighted by atomic mass is 16.6. The van der Waals surface area contributed by atoms with E-state index in [0.29, 0.717) is 23.1 Å². The molecule has 0 spiro atoms. The van der Waals surface area contributed by atoms with Crippen molar-refractivity contribution in [3.8, 4) is 12.3 Å². The fraction of sp³-hybridized carbons (Fsp3) is 0.286. The Bertz CT molecular complexity index is 507. The van der Waals surface area contributed by atoms with Crippen LogP contribution >= 0.6 is 0 Å². The maximum atomic E-state index is 11.6. The average molecular weight is 245 g/mol. The molecule has 4 nitrogen and oxygen atoms in total. The van der Waals surface area contributed by atoms with Crippen molar-refractivity contribution in [1.29, 1.82) is 0 Å². The van der Waals surface area contributed by atoms with E-state index in [1.165, 1.54) is 0 Å². The van der Waals surface area contributed by atoms with Crippen LogP contribution in [-0.4, -0.2) is 18.0 Å². The van der Waals surface area contributed by atoms with Crippen molar-refractivity contribution < 1.29 is 14.3 Å². The second-order valence-electron chi connectivity index (χ2n) is 4.69. The molecule has 0 heterocycles. The molecule has 0 atom stereocenters. The molecule has 94 valence electrons. The maximum Gasteiger partial charge on any atom is 0.412 e. The maximum absolute atomic E-state index is 11.6. The minimum atomic E-state index is -0.625. The summed E-state index contributed by atoms with van der Waals surface area (Å²) in [5, 5.41) is 2.50. The molecule has 0 bridgehead atoms. The normalized spacial score (nSPS) is 10.3. The largest absolute Gasteiger partial charge is 0.444 e. The first kappa shape index (κ1) is 13.8. The number of carbonyl (C=O) groups is 2. The Morgan fingerprint density at radius 2 is 2.11 bits per heavy atom. The molecule has 0 aromatic heterocycles. The van der Waals surface area contributed by atoms with E-state index in [4.69, 9.17) is 11.2 Å². The Balaban J connectivity index is 2.93. The van der Waals surface area contributed by atoms with E-state index in [1.54, 1.807) is 39.0 Å². The lowest BCUT2D eigenvalue weighted by Crippen LogP contribution is -2.27. The Hall–Kier alpha value is -2.28. The molecule has 0 aliphatic heterocycles. The molecule has 1 aromatic rings. The number of nitrogens with one attached hydrogen (secondary N) is 1. The number of rotatable bonds is 2. The number of carbonyl (C=O) groups excluding carboxylic acids is 2. The van der Waals surface area contributed by atoms with Crippen molar-refractivity contribution in [1.82, 2.24) is 0 Å². The van der Waals surface area contributed by atoms with Crippen molar-refractivity contribution in [2.75, 3.05) is 5.32 Å². The van der Waals surface area contributed by atoms with E-state index >= 15 is 0 Å². The molecule has 4 heteroatoms. The Morgan fingerprint density at radius 3 is 2.61 bits per heavy atom. The molecule has 18 heavy (non-hydrogen) atoms. The number of hydrogen-bond acceptors (Lipinski definition) is 3. The molecule has 1 aromatic carbocycles. The van der Waals surface area contributed by atoms with Crippen LogP contribution in [0.5, 0.6) is 0 Å². The number of anilines is 1. The van der Waals surface area contributed by atoms with Gasteiger partial charge in [-0.1, -0.05) is 5.92 Å². The van der Waals surface area contributed by atoms with E-state index < -0.39 is 11.7 Å². The van der Waals surface area contributed by atoms with Gasteiger partial charge in [0.25, 0.3) is 0 Å². The fourth-order valence-electron chi connectivity index (χ4n) is 1.27. The highest BCUT2D eigenvalue weighted by Gasteiger charge is 2.17. The molecule has 0 radical (unpaired) electrons. The quantitative estimate of drug-likeness (QED) is 0.644. The number of amides is 1. The van der Waals surface area contributed by atoms with Crippen LogP contribution in [0.25, 0.3) is 0 Å². The second-order valence-corrected chi connectivity index (χ2v) is 4.69. The van der Waals surface area contributed by atoms with Crippen LogP contribution in [-0.2, 0) is 4.74 Å². The topological polar surface area (TPSA) is 55.4 Å². The van der Waals surface area contributed by atoms with Crippen molar-refractivity contribution in [3.05, 3.63) is 29.3 Å². The lowest BCUT2D eigenvalue weighted by atomic mass is 10.1. The van der Waals surface area contributed by atoms with E-state index in [1.807, 2.05) is 0 Å². The van der Waals surface area contributed by atoms with Gasteiger partial charge in [-0.25, -0.2) is 4.79 Å². The predicted molar refractivity (Wildman–Crippen MR) is 69.6 cm³/mol. The van der Waals surface area contributed by atoms with Crippen LogP contribution < -0.4 is 5.32 Å². The van der Waals surface area contributed by atoms with E-state index in [9.17, 15) is 9.59 Å². The minimum absolute atomic E-state index is 0.342. The van der Waals surface area contributed by atoms with Crippen molar-refractivity contribution in [3.63, 3.8) is 0 Å². The molecule has 1 N–H and O–H groups in total. The summed E-state index contributed by atoms with van der Waals surface area (Å²) < 4.78 is 5.10. The smallest absolute Gasteiger partial charge is 0.412 e. The Labute approximate surface area is 106 Å². The molecule has 0 saturated carbocycles. The highest BCUT2D eigenvalue weighted by Crippen LogP contribution is 2.17. The number of aldehydes is 1. The highest BCUT2D eigenvalue weighted by molar-refractivity contribution is 5.93. The first-order valence-corrected chi connectivity index (χ1v) is 5.41. The van der Waals surface area contributed by atoms with Gasteiger partial charge in [-0.05, 0) is 39.0 Å². The van der Waals surface area contributed by atoms with Crippen molar-refractivity contribution in [2.24, 2.45) is 0 Å². The Morgan fingerprint density at radius 1 is 1.44 bits per heavy atom. The first-order valence-electron chi connectivity index (χ1n) is 5.41. The lowest BCUT2D eigenvalue weighted by molar-refractivity contribution is 0.0636. The molecule has 0 unspecified atom stereocenters. The van der Waals surface area contributed by atoms with Crippen LogP contribution in [0.4, 0.5) is 10.5 Å². The average Bonchev–Trinajstić information content (AvgIpc) is 2.26. The van der Waals surface area contributed by atoms with Gasteiger partial charge < -0.3 is 4.74 Å². The van der Waals surface area contributed by atoms with Crippen LogP contribution in [0.1, 0.15) is 36.7 Å². The molecule has 0 fully saturated rings. The van der Waals surface area contributed by atoms with E-state index in [-0.39, 0.29) is 0 Å². The first-order chi connectivity index (χ1) is 8.35. The summed E-state index contributed by atoms with van der Waals surface area (Å²) >= 11 is 0. The second kappa shape index (κ2) is 5.37. The van der Waals surface area contributed by atoms with Gasteiger partial charge in [-0.2, -0.15) is 0 Å². The Kier molecular flexibility index (Phi) is 4.11. The van der Waals surface area contributed by atoms with Gasteiger partial charge in [-0.3, -0.25) is 10.1 Å². The number of terminal acetylenes is 1. The summed E-state index contributed by atoms with van der Waals surface area (Å²) in [5.41, 5.74) is 0.663. The van der Waals surface area contributed by atoms with Gasteiger partial charge in [0.15, 0.2) is 6.29 Å². The predicted octanol–water partition coefficient (Wildman–Crippen LogP) is 2.83. The van der Waals surface area contributed by atoms with Crippen LogP contribution in [0.15, 0.2) is 18.2 Å². The van der Waals surface area contributed by atoms with Crippen molar-refractivity contribution in [2.45, 2.75) is 26.4 Å². The van der Waals surface area contributed by atoms with Crippen LogP contribution in [0.3, 0.4) is 0 Å².